The summed E-state index contributed by atoms with van der Waals surface area (Å²) in [5.74, 6) is 0.962. The first-order valence-corrected chi connectivity index (χ1v) is 5.23. The van der Waals surface area contributed by atoms with Crippen LogP contribution in [0.25, 0.3) is 0 Å². The van der Waals surface area contributed by atoms with Crippen LogP contribution < -0.4 is 0 Å². The molecule has 0 saturated carbocycles. The van der Waals surface area contributed by atoms with E-state index in [1.54, 1.807) is 11.8 Å². The zero-order valence-corrected chi connectivity index (χ0v) is 8.09. The maximum Gasteiger partial charge on any atom is 0.120 e. The van der Waals surface area contributed by atoms with Crippen LogP contribution in [-0.2, 0) is 4.79 Å². The minimum atomic E-state index is 0.696. The lowest BCUT2D eigenvalue weighted by molar-refractivity contribution is -0.107. The van der Waals surface area contributed by atoms with Crippen molar-refractivity contribution in [3.05, 3.63) is 36.4 Å². The maximum atomic E-state index is 9.55. The predicted octanol–water partition coefficient (Wildman–Crippen LogP) is 2.63. The maximum absolute atomic E-state index is 9.55. The summed E-state index contributed by atoms with van der Waals surface area (Å²) in [5.41, 5.74) is 0. The standard InChI is InChI=1S/C6H6.C4H8OS/c1-2-4-6-5-3-1;1-6-4-2-3-5/h1-6H;3H,2,4H2,1H3. The Balaban J connectivity index is 0.000000202. The van der Waals surface area contributed by atoms with Crippen LogP contribution in [0.15, 0.2) is 36.4 Å². The lowest BCUT2D eigenvalue weighted by Gasteiger charge is -1.79. The highest BCUT2D eigenvalue weighted by Gasteiger charge is 1.74. The fourth-order valence-corrected chi connectivity index (χ4v) is 0.883. The van der Waals surface area contributed by atoms with Gasteiger partial charge in [0.05, 0.1) is 0 Å². The molecule has 2 heteroatoms. The van der Waals surface area contributed by atoms with Crippen molar-refractivity contribution in [2.75, 3.05) is 12.0 Å². The fourth-order valence-electron chi connectivity index (χ4n) is 0.551. The topological polar surface area (TPSA) is 17.1 Å². The summed E-state index contributed by atoms with van der Waals surface area (Å²) in [6.45, 7) is 0. The average molecular weight is 182 g/mol. The van der Waals surface area contributed by atoms with Gasteiger partial charge >= 0.3 is 0 Å². The molecule has 0 amide bonds. The van der Waals surface area contributed by atoms with E-state index in [9.17, 15) is 4.79 Å². The predicted molar refractivity (Wildman–Crippen MR) is 55.5 cm³/mol. The Morgan fingerprint density at radius 1 is 1.08 bits per heavy atom. The SMILES string of the molecule is CSCCC=O.c1ccccc1. The molecule has 1 aromatic carbocycles. The number of hydrogen-bond donors (Lipinski definition) is 0. The lowest BCUT2D eigenvalue weighted by Crippen LogP contribution is -1.75. The summed E-state index contributed by atoms with van der Waals surface area (Å²) in [6.07, 6.45) is 3.63. The summed E-state index contributed by atoms with van der Waals surface area (Å²) >= 11 is 1.69. The molecule has 0 radical (unpaired) electrons. The molecule has 0 aliphatic rings. The van der Waals surface area contributed by atoms with Crippen molar-refractivity contribution in [2.45, 2.75) is 6.42 Å². The van der Waals surface area contributed by atoms with Gasteiger partial charge in [0.2, 0.25) is 0 Å². The van der Waals surface area contributed by atoms with Gasteiger partial charge in [-0.05, 0) is 12.0 Å². The third-order valence-electron chi connectivity index (χ3n) is 1.11. The number of hydrogen-bond acceptors (Lipinski definition) is 2. The Kier molecular flexibility index (Phi) is 9.59. The summed E-state index contributed by atoms with van der Waals surface area (Å²) < 4.78 is 0. The van der Waals surface area contributed by atoms with Gasteiger partial charge < -0.3 is 4.79 Å². The van der Waals surface area contributed by atoms with E-state index in [1.165, 1.54) is 0 Å². The second kappa shape index (κ2) is 10.2. The number of rotatable bonds is 3. The van der Waals surface area contributed by atoms with E-state index in [4.69, 9.17) is 0 Å². The molecule has 0 N–H and O–H groups in total. The molecule has 1 nitrogen and oxygen atoms in total. The third-order valence-corrected chi connectivity index (χ3v) is 1.75. The third kappa shape index (κ3) is 9.24. The quantitative estimate of drug-likeness (QED) is 0.528. The molecule has 0 unspecified atom stereocenters. The van der Waals surface area contributed by atoms with Gasteiger partial charge in [0.1, 0.15) is 6.29 Å². The summed E-state index contributed by atoms with van der Waals surface area (Å²) in [5, 5.41) is 0. The van der Waals surface area contributed by atoms with Gasteiger partial charge in [-0.1, -0.05) is 36.4 Å². The van der Waals surface area contributed by atoms with Gasteiger partial charge in [-0.3, -0.25) is 0 Å². The first-order chi connectivity index (χ1) is 5.91. The van der Waals surface area contributed by atoms with Crippen LogP contribution in [0, 0.1) is 0 Å². The van der Waals surface area contributed by atoms with Gasteiger partial charge in [0.15, 0.2) is 0 Å². The van der Waals surface area contributed by atoms with E-state index >= 15 is 0 Å². The lowest BCUT2D eigenvalue weighted by atomic mass is 10.4. The van der Waals surface area contributed by atoms with E-state index in [0.717, 1.165) is 12.0 Å². The van der Waals surface area contributed by atoms with Gasteiger partial charge in [0, 0.05) is 6.42 Å². The Labute approximate surface area is 78.2 Å². The average Bonchev–Trinajstić information content (AvgIpc) is 2.18. The number of carbonyl (C=O) groups is 1. The number of thioether (sulfide) groups is 1. The Hall–Kier alpha value is -0.760. The molecule has 0 atom stereocenters. The highest BCUT2D eigenvalue weighted by molar-refractivity contribution is 7.98. The van der Waals surface area contributed by atoms with Gasteiger partial charge in [0.25, 0.3) is 0 Å². The zero-order valence-electron chi connectivity index (χ0n) is 7.27. The van der Waals surface area contributed by atoms with E-state index in [-0.39, 0.29) is 0 Å². The second-order valence-electron chi connectivity index (χ2n) is 2.10. The van der Waals surface area contributed by atoms with Crippen molar-refractivity contribution in [1.82, 2.24) is 0 Å². The van der Waals surface area contributed by atoms with Gasteiger partial charge in [-0.25, -0.2) is 0 Å². The van der Waals surface area contributed by atoms with Crippen molar-refractivity contribution >= 4 is 18.0 Å². The molecule has 12 heavy (non-hydrogen) atoms. The Morgan fingerprint density at radius 3 is 1.67 bits per heavy atom. The fraction of sp³-hybridized carbons (Fsp3) is 0.300. The van der Waals surface area contributed by atoms with Crippen LogP contribution in [0.5, 0.6) is 0 Å². The molecule has 1 aromatic rings. The van der Waals surface area contributed by atoms with Crippen molar-refractivity contribution in [2.24, 2.45) is 0 Å². The summed E-state index contributed by atoms with van der Waals surface area (Å²) in [4.78, 5) is 9.55. The van der Waals surface area contributed by atoms with Crippen molar-refractivity contribution in [1.29, 1.82) is 0 Å². The van der Waals surface area contributed by atoms with Gasteiger partial charge in [-0.2, -0.15) is 11.8 Å². The van der Waals surface area contributed by atoms with E-state index in [0.29, 0.717) is 6.42 Å². The number of carbonyl (C=O) groups excluding carboxylic acids is 1. The van der Waals surface area contributed by atoms with Crippen LogP contribution in [-0.4, -0.2) is 18.3 Å². The van der Waals surface area contributed by atoms with Gasteiger partial charge in [-0.15, -0.1) is 0 Å². The molecule has 1 rings (SSSR count). The monoisotopic (exact) mass is 182 g/mol. The van der Waals surface area contributed by atoms with Crippen molar-refractivity contribution in [3.63, 3.8) is 0 Å². The first-order valence-electron chi connectivity index (χ1n) is 3.84. The number of benzene rings is 1. The van der Waals surface area contributed by atoms with Crippen LogP contribution in [0.2, 0.25) is 0 Å². The Bertz CT molecular complexity index is 148. The normalized spacial score (nSPS) is 8.08. The molecule has 0 fully saturated rings. The molecule has 0 aliphatic heterocycles. The van der Waals surface area contributed by atoms with Crippen LogP contribution in [0.4, 0.5) is 0 Å². The molecule has 0 aromatic heterocycles. The highest BCUT2D eigenvalue weighted by Crippen LogP contribution is 1.90. The molecular weight excluding hydrogens is 168 g/mol. The minimum absolute atomic E-state index is 0.696. The molecule has 0 saturated heterocycles. The largest absolute Gasteiger partial charge is 0.303 e. The van der Waals surface area contributed by atoms with Crippen LogP contribution >= 0.6 is 11.8 Å². The molecule has 0 heterocycles. The van der Waals surface area contributed by atoms with E-state index < -0.39 is 0 Å². The molecular formula is C10H14OS. The zero-order chi connectivity index (χ0) is 9.07. The smallest absolute Gasteiger partial charge is 0.120 e. The minimum Gasteiger partial charge on any atom is -0.303 e. The van der Waals surface area contributed by atoms with E-state index in [1.807, 2.05) is 42.7 Å². The second-order valence-corrected chi connectivity index (χ2v) is 3.09. The first kappa shape index (κ1) is 11.2. The molecule has 0 aliphatic carbocycles. The van der Waals surface area contributed by atoms with Crippen LogP contribution in [0.1, 0.15) is 6.42 Å². The summed E-state index contributed by atoms with van der Waals surface area (Å²) in [6, 6.07) is 12.0. The highest BCUT2D eigenvalue weighted by atomic mass is 32.2. The molecule has 66 valence electrons. The molecule has 0 spiro atoms. The van der Waals surface area contributed by atoms with Crippen LogP contribution in [0.3, 0.4) is 0 Å². The van der Waals surface area contributed by atoms with Crippen molar-refractivity contribution < 1.29 is 4.79 Å². The van der Waals surface area contributed by atoms with Crippen molar-refractivity contribution in [3.8, 4) is 0 Å². The number of aldehydes is 1. The Morgan fingerprint density at radius 2 is 1.50 bits per heavy atom. The summed E-state index contributed by atoms with van der Waals surface area (Å²) in [7, 11) is 0. The van der Waals surface area contributed by atoms with E-state index in [2.05, 4.69) is 0 Å². The molecule has 0 bridgehead atoms.